The van der Waals surface area contributed by atoms with E-state index in [9.17, 15) is 18.0 Å². The molecule has 1 aliphatic rings. The zero-order valence-electron chi connectivity index (χ0n) is 21.3. The highest BCUT2D eigenvalue weighted by Crippen LogP contribution is 2.40. The fraction of sp³-hybridized carbons (Fsp3) is 0.458. The van der Waals surface area contributed by atoms with Gasteiger partial charge in [0.05, 0.1) is 31.1 Å². The van der Waals surface area contributed by atoms with Gasteiger partial charge in [0.1, 0.15) is 5.52 Å². The first-order valence-electron chi connectivity index (χ1n) is 11.7. The highest BCUT2D eigenvalue weighted by Gasteiger charge is 2.39. The van der Waals surface area contributed by atoms with Gasteiger partial charge >= 0.3 is 6.18 Å². The minimum atomic E-state index is -4.69. The Kier molecular flexibility index (Phi) is 6.98. The Balaban J connectivity index is 2.06. The molecule has 3 aromatic heterocycles. The number of nitrogens with one attached hydrogen (secondary N) is 1. The van der Waals surface area contributed by atoms with Crippen LogP contribution in [0, 0.1) is 6.92 Å². The summed E-state index contributed by atoms with van der Waals surface area (Å²) >= 11 is 0. The summed E-state index contributed by atoms with van der Waals surface area (Å²) in [5.41, 5.74) is 1.03. The third-order valence-corrected chi connectivity index (χ3v) is 6.31. The van der Waals surface area contributed by atoms with Gasteiger partial charge in [0.25, 0.3) is 0 Å². The quantitative estimate of drug-likeness (QED) is 0.318. The number of aromatic nitrogens is 5. The number of ether oxygens (including phenoxy) is 1. The molecule has 13 heteroatoms. The average molecular weight is 519 g/mol. The zero-order valence-corrected chi connectivity index (χ0v) is 21.3. The maximum absolute atomic E-state index is 14.0. The van der Waals surface area contributed by atoms with Crippen molar-refractivity contribution in [3.8, 4) is 11.1 Å². The van der Waals surface area contributed by atoms with Gasteiger partial charge in [-0.25, -0.2) is 15.0 Å². The molecule has 0 saturated heterocycles. The van der Waals surface area contributed by atoms with Gasteiger partial charge in [-0.1, -0.05) is 0 Å². The number of H-pyrrole nitrogens is 1. The Morgan fingerprint density at radius 3 is 2.70 bits per heavy atom. The van der Waals surface area contributed by atoms with E-state index in [1.807, 2.05) is 13.8 Å². The van der Waals surface area contributed by atoms with E-state index < -0.39 is 11.9 Å². The molecule has 1 aliphatic heterocycles. The highest BCUT2D eigenvalue weighted by molar-refractivity contribution is 5.94. The van der Waals surface area contributed by atoms with Crippen molar-refractivity contribution >= 4 is 29.4 Å². The average Bonchev–Trinajstić information content (AvgIpc) is 3.39. The van der Waals surface area contributed by atoms with Crippen LogP contribution in [0.4, 0.5) is 13.2 Å². The standard InChI is InChI=1S/C24H29F3N8O2/c1-13(2)35-12-15(23(37-6)33(5)28-4)17-10-29-22-20(31-17)19(14(3)30-22)16-11-34(9-7-8-18(35)36)32-21(16)24(25,26)27/h10-11,13H,4,7-9,12H2,1-3,5-6H3,(H,29,30)/b23-15-. The van der Waals surface area contributed by atoms with E-state index in [0.29, 0.717) is 29.0 Å². The number of nitrogens with zero attached hydrogens (tertiary/aromatic N) is 7. The molecular weight excluding hydrogens is 489 g/mol. The third-order valence-electron chi connectivity index (χ3n) is 6.31. The maximum Gasteiger partial charge on any atom is 0.435 e. The van der Waals surface area contributed by atoms with Crippen molar-refractivity contribution in [2.75, 3.05) is 20.7 Å². The zero-order chi connectivity index (χ0) is 27.1. The molecule has 0 fully saturated rings. The Labute approximate surface area is 211 Å². The molecule has 0 aliphatic carbocycles. The van der Waals surface area contributed by atoms with E-state index in [4.69, 9.17) is 9.72 Å². The lowest BCUT2D eigenvalue weighted by Crippen LogP contribution is -2.39. The predicted molar refractivity (Wildman–Crippen MR) is 132 cm³/mol. The number of alkyl halides is 3. The van der Waals surface area contributed by atoms with Gasteiger partial charge in [0.2, 0.25) is 11.8 Å². The van der Waals surface area contributed by atoms with Gasteiger partial charge in [-0.05, 0) is 27.2 Å². The Morgan fingerprint density at radius 1 is 1.35 bits per heavy atom. The summed E-state index contributed by atoms with van der Waals surface area (Å²) in [7, 11) is 3.09. The van der Waals surface area contributed by atoms with Crippen LogP contribution in [0.1, 0.15) is 43.8 Å². The molecule has 198 valence electrons. The lowest BCUT2D eigenvalue weighted by Gasteiger charge is -2.29. The smallest absolute Gasteiger partial charge is 0.435 e. The first-order valence-corrected chi connectivity index (χ1v) is 11.7. The van der Waals surface area contributed by atoms with Gasteiger partial charge in [-0.15, -0.1) is 0 Å². The number of aryl methyl sites for hydroxylation is 2. The molecule has 0 aromatic carbocycles. The fourth-order valence-electron chi connectivity index (χ4n) is 4.51. The second kappa shape index (κ2) is 9.87. The summed E-state index contributed by atoms with van der Waals surface area (Å²) in [5.74, 6) is 0.122. The van der Waals surface area contributed by atoms with E-state index in [-0.39, 0.29) is 54.0 Å². The lowest BCUT2D eigenvalue weighted by molar-refractivity contribution is -0.141. The number of methoxy groups -OCH3 is 1. The maximum atomic E-state index is 14.0. The second-order valence-electron chi connectivity index (χ2n) is 9.10. The topological polar surface area (TPSA) is 105 Å². The van der Waals surface area contributed by atoms with E-state index >= 15 is 0 Å². The molecule has 0 radical (unpaired) electrons. The monoisotopic (exact) mass is 518 g/mol. The molecule has 1 amide bonds. The van der Waals surface area contributed by atoms with Crippen LogP contribution >= 0.6 is 0 Å². The molecule has 10 nitrogen and oxygen atoms in total. The van der Waals surface area contributed by atoms with Crippen molar-refractivity contribution < 1.29 is 22.7 Å². The van der Waals surface area contributed by atoms with E-state index in [1.165, 1.54) is 29.2 Å². The van der Waals surface area contributed by atoms with Crippen molar-refractivity contribution in [3.05, 3.63) is 35.4 Å². The first kappa shape index (κ1) is 26.2. The van der Waals surface area contributed by atoms with Crippen LogP contribution in [-0.2, 0) is 22.3 Å². The van der Waals surface area contributed by atoms with Gasteiger partial charge in [0, 0.05) is 55.8 Å². The number of rotatable bonds is 4. The Bertz CT molecular complexity index is 1370. The van der Waals surface area contributed by atoms with Gasteiger partial charge in [0.15, 0.2) is 11.3 Å². The fourth-order valence-corrected chi connectivity index (χ4v) is 4.51. The van der Waals surface area contributed by atoms with E-state index in [1.54, 1.807) is 18.9 Å². The molecule has 0 atom stereocenters. The van der Waals surface area contributed by atoms with Crippen LogP contribution in [0.3, 0.4) is 0 Å². The molecule has 4 heterocycles. The van der Waals surface area contributed by atoms with E-state index in [2.05, 4.69) is 26.9 Å². The molecule has 0 saturated carbocycles. The number of fused-ring (bicyclic) bond motifs is 4. The third kappa shape index (κ3) is 4.89. The Hall–Kier alpha value is -3.90. The number of halogens is 3. The number of carbonyl (C=O) groups is 1. The molecule has 4 bridgehead atoms. The molecular formula is C24H29F3N8O2. The number of hydrogen-bond donors (Lipinski definition) is 1. The van der Waals surface area contributed by atoms with Crippen LogP contribution in [0.5, 0.6) is 0 Å². The van der Waals surface area contributed by atoms with Crippen LogP contribution in [-0.4, -0.2) is 74.0 Å². The van der Waals surface area contributed by atoms with Crippen LogP contribution < -0.4 is 0 Å². The van der Waals surface area contributed by atoms with Crippen molar-refractivity contribution in [1.29, 1.82) is 0 Å². The minimum Gasteiger partial charge on any atom is -0.481 e. The normalized spacial score (nSPS) is 16.4. The number of hydrazone groups is 1. The number of carbonyl (C=O) groups excluding carboxylic acids is 1. The molecule has 1 N–H and O–H groups in total. The molecule has 0 spiro atoms. The second-order valence-corrected chi connectivity index (χ2v) is 9.10. The van der Waals surface area contributed by atoms with Crippen molar-refractivity contribution in [2.45, 2.75) is 52.4 Å². The molecule has 3 aromatic rings. The largest absolute Gasteiger partial charge is 0.481 e. The first-order chi connectivity index (χ1) is 17.5. The summed E-state index contributed by atoms with van der Waals surface area (Å²) < 4.78 is 49.0. The van der Waals surface area contributed by atoms with Gasteiger partial charge < -0.3 is 14.6 Å². The molecule has 0 unspecified atom stereocenters. The van der Waals surface area contributed by atoms with Crippen molar-refractivity contribution in [3.63, 3.8) is 0 Å². The van der Waals surface area contributed by atoms with Gasteiger partial charge in [-0.2, -0.15) is 23.4 Å². The van der Waals surface area contributed by atoms with Crippen molar-refractivity contribution in [1.82, 2.24) is 34.6 Å². The molecule has 37 heavy (non-hydrogen) atoms. The number of aromatic amines is 1. The summed E-state index contributed by atoms with van der Waals surface area (Å²) in [6, 6.07) is -0.176. The van der Waals surface area contributed by atoms with Crippen LogP contribution in [0.25, 0.3) is 27.9 Å². The summed E-state index contributed by atoms with van der Waals surface area (Å²) in [5, 5.41) is 9.16. The summed E-state index contributed by atoms with van der Waals surface area (Å²) in [4.78, 5) is 27.2. The summed E-state index contributed by atoms with van der Waals surface area (Å²) in [6.45, 7) is 9.26. The highest BCUT2D eigenvalue weighted by atomic mass is 19.4. The van der Waals surface area contributed by atoms with Crippen LogP contribution in [0.15, 0.2) is 23.4 Å². The number of amides is 1. The Morgan fingerprint density at radius 2 is 2.08 bits per heavy atom. The predicted octanol–water partition coefficient (Wildman–Crippen LogP) is 4.04. The number of hydrogen-bond acceptors (Lipinski definition) is 7. The SMILES string of the molecule is C=NN(C)/C(OC)=C1\CN(C(C)C)C(=O)CCCn2cc(c(C(F)(F)F)n2)-c2c(C)[nH]c3ncc1nc23. The minimum absolute atomic E-state index is 0.0998. The van der Waals surface area contributed by atoms with E-state index in [0.717, 1.165) is 0 Å². The van der Waals surface area contributed by atoms with Crippen LogP contribution in [0.2, 0.25) is 0 Å². The van der Waals surface area contributed by atoms with Gasteiger partial charge in [-0.3, -0.25) is 9.48 Å². The lowest BCUT2D eigenvalue weighted by atomic mass is 10.1. The van der Waals surface area contributed by atoms with Crippen molar-refractivity contribution in [2.24, 2.45) is 5.10 Å². The molecule has 4 rings (SSSR count). The summed E-state index contributed by atoms with van der Waals surface area (Å²) in [6.07, 6.45) is -1.39.